The SMILES string of the molecule is [CH2]COCCOCCOCCOc1ccccc1. The van der Waals surface area contributed by atoms with Gasteiger partial charge in [-0.3, -0.25) is 0 Å². The molecule has 101 valence electrons. The van der Waals surface area contributed by atoms with E-state index in [1.54, 1.807) is 0 Å². The van der Waals surface area contributed by atoms with Gasteiger partial charge in [0.25, 0.3) is 0 Å². The zero-order chi connectivity index (χ0) is 12.9. The van der Waals surface area contributed by atoms with Crippen LogP contribution < -0.4 is 4.74 Å². The Hall–Kier alpha value is -1.10. The minimum absolute atomic E-state index is 0.483. The summed E-state index contributed by atoms with van der Waals surface area (Å²) in [7, 11) is 0. The lowest BCUT2D eigenvalue weighted by molar-refractivity contribution is 0.0133. The summed E-state index contributed by atoms with van der Waals surface area (Å²) in [4.78, 5) is 0. The molecule has 0 heterocycles. The van der Waals surface area contributed by atoms with Crippen molar-refractivity contribution in [2.75, 3.05) is 46.2 Å². The first-order valence-electron chi connectivity index (χ1n) is 6.14. The van der Waals surface area contributed by atoms with Crippen LogP contribution in [0.25, 0.3) is 0 Å². The molecule has 0 aliphatic rings. The number of hydrogen-bond donors (Lipinski definition) is 0. The number of ether oxygens (including phenoxy) is 4. The zero-order valence-electron chi connectivity index (χ0n) is 10.7. The van der Waals surface area contributed by atoms with Crippen LogP contribution in [-0.4, -0.2) is 46.2 Å². The molecule has 0 bridgehead atoms. The Kier molecular flexibility index (Phi) is 9.16. The van der Waals surface area contributed by atoms with Crippen LogP contribution in [0.5, 0.6) is 5.75 Å². The largest absolute Gasteiger partial charge is 0.491 e. The van der Waals surface area contributed by atoms with Crippen LogP contribution in [0.2, 0.25) is 0 Å². The van der Waals surface area contributed by atoms with E-state index in [1.165, 1.54) is 0 Å². The molecule has 0 atom stereocenters. The van der Waals surface area contributed by atoms with Crippen LogP contribution >= 0.6 is 0 Å². The average molecular weight is 253 g/mol. The Labute approximate surface area is 109 Å². The lowest BCUT2D eigenvalue weighted by Crippen LogP contribution is -2.12. The Morgan fingerprint density at radius 1 is 0.722 bits per heavy atom. The fraction of sp³-hybridized carbons (Fsp3) is 0.500. The molecule has 1 rings (SSSR count). The summed E-state index contributed by atoms with van der Waals surface area (Å²) < 4.78 is 21.1. The molecular formula is C14H21O4. The highest BCUT2D eigenvalue weighted by Gasteiger charge is 1.93. The molecule has 4 nitrogen and oxygen atoms in total. The van der Waals surface area contributed by atoms with Gasteiger partial charge in [0.05, 0.1) is 33.0 Å². The summed E-state index contributed by atoms with van der Waals surface area (Å²) in [5, 5.41) is 0. The van der Waals surface area contributed by atoms with Gasteiger partial charge in [0.2, 0.25) is 0 Å². The summed E-state index contributed by atoms with van der Waals surface area (Å²) in [6, 6.07) is 9.69. The van der Waals surface area contributed by atoms with Gasteiger partial charge in [-0.15, -0.1) is 0 Å². The van der Waals surface area contributed by atoms with Gasteiger partial charge >= 0.3 is 0 Å². The van der Waals surface area contributed by atoms with Gasteiger partial charge in [0, 0.05) is 6.61 Å². The van der Waals surface area contributed by atoms with Crippen molar-refractivity contribution in [3.63, 3.8) is 0 Å². The third kappa shape index (κ3) is 8.06. The minimum Gasteiger partial charge on any atom is -0.491 e. The van der Waals surface area contributed by atoms with Crippen LogP contribution in [0, 0.1) is 6.92 Å². The molecular weight excluding hydrogens is 232 g/mol. The zero-order valence-corrected chi connectivity index (χ0v) is 10.7. The van der Waals surface area contributed by atoms with Crippen LogP contribution in [0.1, 0.15) is 0 Å². The van der Waals surface area contributed by atoms with Gasteiger partial charge in [-0.05, 0) is 19.1 Å². The van der Waals surface area contributed by atoms with Crippen molar-refractivity contribution in [3.05, 3.63) is 37.3 Å². The van der Waals surface area contributed by atoms with Crippen LogP contribution in [0.4, 0.5) is 0 Å². The van der Waals surface area contributed by atoms with E-state index in [2.05, 4.69) is 6.92 Å². The van der Waals surface area contributed by atoms with E-state index in [0.717, 1.165) is 5.75 Å². The smallest absolute Gasteiger partial charge is 0.119 e. The molecule has 0 aromatic heterocycles. The van der Waals surface area contributed by atoms with E-state index < -0.39 is 0 Å². The molecule has 0 aliphatic carbocycles. The highest BCUT2D eigenvalue weighted by atomic mass is 16.6. The molecule has 0 aliphatic heterocycles. The second-order valence-electron chi connectivity index (χ2n) is 3.50. The maximum atomic E-state index is 5.47. The molecule has 0 spiro atoms. The first-order chi connectivity index (χ1) is 8.93. The number of hydrogen-bond acceptors (Lipinski definition) is 4. The van der Waals surface area contributed by atoms with E-state index >= 15 is 0 Å². The van der Waals surface area contributed by atoms with Crippen molar-refractivity contribution in [2.45, 2.75) is 0 Å². The van der Waals surface area contributed by atoms with E-state index in [0.29, 0.717) is 46.2 Å². The molecule has 1 aromatic rings. The monoisotopic (exact) mass is 253 g/mol. The summed E-state index contributed by atoms with van der Waals surface area (Å²) >= 11 is 0. The Bertz CT molecular complexity index is 276. The lowest BCUT2D eigenvalue weighted by atomic mass is 10.3. The van der Waals surface area contributed by atoms with E-state index in [1.807, 2.05) is 30.3 Å². The van der Waals surface area contributed by atoms with Crippen molar-refractivity contribution in [1.29, 1.82) is 0 Å². The molecule has 0 amide bonds. The number of rotatable bonds is 11. The van der Waals surface area contributed by atoms with E-state index in [4.69, 9.17) is 18.9 Å². The topological polar surface area (TPSA) is 36.9 Å². The standard InChI is InChI=1S/C14H21O4/c1-2-15-8-9-16-10-11-17-12-13-18-14-6-4-3-5-7-14/h3-7H,1-2,8-13H2. The second-order valence-corrected chi connectivity index (χ2v) is 3.50. The number of benzene rings is 1. The third-order valence-electron chi connectivity index (χ3n) is 2.13. The second kappa shape index (κ2) is 11.0. The van der Waals surface area contributed by atoms with Crippen molar-refractivity contribution < 1.29 is 18.9 Å². The maximum Gasteiger partial charge on any atom is 0.119 e. The fourth-order valence-corrected chi connectivity index (χ4v) is 1.28. The van der Waals surface area contributed by atoms with E-state index in [-0.39, 0.29) is 0 Å². The third-order valence-corrected chi connectivity index (χ3v) is 2.13. The molecule has 18 heavy (non-hydrogen) atoms. The van der Waals surface area contributed by atoms with Crippen LogP contribution in [0.3, 0.4) is 0 Å². The molecule has 0 fully saturated rings. The van der Waals surface area contributed by atoms with Crippen molar-refractivity contribution >= 4 is 0 Å². The van der Waals surface area contributed by atoms with Gasteiger partial charge in [-0.1, -0.05) is 18.2 Å². The van der Waals surface area contributed by atoms with Crippen molar-refractivity contribution in [2.24, 2.45) is 0 Å². The molecule has 0 saturated carbocycles. The summed E-state index contributed by atoms with van der Waals surface area (Å²) in [5.74, 6) is 0.864. The summed E-state index contributed by atoms with van der Waals surface area (Å²) in [6.07, 6.45) is 0. The number of para-hydroxylation sites is 1. The van der Waals surface area contributed by atoms with Gasteiger partial charge in [0.1, 0.15) is 12.4 Å². The first-order valence-corrected chi connectivity index (χ1v) is 6.14. The Morgan fingerprint density at radius 2 is 1.28 bits per heavy atom. The summed E-state index contributed by atoms with van der Waals surface area (Å²) in [5.41, 5.74) is 0. The predicted molar refractivity (Wildman–Crippen MR) is 69.8 cm³/mol. The Morgan fingerprint density at radius 3 is 1.89 bits per heavy atom. The van der Waals surface area contributed by atoms with Gasteiger partial charge in [-0.2, -0.15) is 0 Å². The first kappa shape index (κ1) is 15.0. The highest BCUT2D eigenvalue weighted by molar-refractivity contribution is 5.20. The average Bonchev–Trinajstić information content (AvgIpc) is 2.42. The molecule has 0 saturated heterocycles. The van der Waals surface area contributed by atoms with Gasteiger partial charge in [-0.25, -0.2) is 0 Å². The lowest BCUT2D eigenvalue weighted by Gasteiger charge is -2.07. The molecule has 0 unspecified atom stereocenters. The molecule has 4 heteroatoms. The molecule has 1 aromatic carbocycles. The normalized spacial score (nSPS) is 10.5. The van der Waals surface area contributed by atoms with Crippen LogP contribution in [0.15, 0.2) is 30.3 Å². The van der Waals surface area contributed by atoms with Crippen LogP contribution in [-0.2, 0) is 14.2 Å². The molecule has 1 radical (unpaired) electrons. The summed E-state index contributed by atoms with van der Waals surface area (Å²) in [6.45, 7) is 7.47. The van der Waals surface area contributed by atoms with Gasteiger partial charge < -0.3 is 18.9 Å². The van der Waals surface area contributed by atoms with E-state index in [9.17, 15) is 0 Å². The predicted octanol–water partition coefficient (Wildman–Crippen LogP) is 1.95. The quantitative estimate of drug-likeness (QED) is 0.565. The van der Waals surface area contributed by atoms with Crippen molar-refractivity contribution in [1.82, 2.24) is 0 Å². The molecule has 0 N–H and O–H groups in total. The van der Waals surface area contributed by atoms with Crippen molar-refractivity contribution in [3.8, 4) is 5.75 Å². The highest BCUT2D eigenvalue weighted by Crippen LogP contribution is 2.07. The fourth-order valence-electron chi connectivity index (χ4n) is 1.28. The minimum atomic E-state index is 0.483. The maximum absolute atomic E-state index is 5.47. The van der Waals surface area contributed by atoms with Gasteiger partial charge in [0.15, 0.2) is 0 Å². The Balaban J connectivity index is 1.82.